The third-order valence-corrected chi connectivity index (χ3v) is 4.91. The number of amides is 1. The summed E-state index contributed by atoms with van der Waals surface area (Å²) in [6.07, 6.45) is 4.30. The predicted octanol–water partition coefficient (Wildman–Crippen LogP) is 5.17. The molecule has 0 saturated carbocycles. The van der Waals surface area contributed by atoms with Crippen molar-refractivity contribution in [2.75, 3.05) is 17.2 Å². The van der Waals surface area contributed by atoms with Crippen LogP contribution < -0.4 is 10.6 Å². The van der Waals surface area contributed by atoms with Crippen molar-refractivity contribution in [3.8, 4) is 5.69 Å². The molecule has 0 saturated heterocycles. The molecule has 4 rings (SSSR count). The molecule has 30 heavy (non-hydrogen) atoms. The molecule has 0 fully saturated rings. The highest BCUT2D eigenvalue weighted by molar-refractivity contribution is 6.31. The third-order valence-electron chi connectivity index (χ3n) is 4.68. The van der Waals surface area contributed by atoms with Crippen LogP contribution in [0.2, 0.25) is 5.02 Å². The molecule has 0 atom stereocenters. The number of hydrogen-bond acceptors (Lipinski definition) is 3. The predicted molar refractivity (Wildman–Crippen MR) is 121 cm³/mol. The molecule has 150 valence electrons. The Hall–Kier alpha value is -3.57. The Morgan fingerprint density at radius 1 is 0.933 bits per heavy atom. The van der Waals surface area contributed by atoms with E-state index in [4.69, 9.17) is 11.6 Å². The van der Waals surface area contributed by atoms with Crippen LogP contribution in [0.4, 0.5) is 11.4 Å². The Kier molecular flexibility index (Phi) is 6.11. The van der Waals surface area contributed by atoms with Crippen molar-refractivity contribution in [2.24, 2.45) is 0 Å². The smallest absolute Gasteiger partial charge is 0.243 e. The van der Waals surface area contributed by atoms with Crippen LogP contribution in [-0.4, -0.2) is 22.2 Å². The number of para-hydroxylation sites is 1. The van der Waals surface area contributed by atoms with E-state index in [1.54, 1.807) is 23.0 Å². The summed E-state index contributed by atoms with van der Waals surface area (Å²) >= 11 is 6.15. The highest BCUT2D eigenvalue weighted by Gasteiger charge is 2.10. The minimum atomic E-state index is -0.137. The van der Waals surface area contributed by atoms with Gasteiger partial charge in [-0.1, -0.05) is 60.1 Å². The number of benzene rings is 3. The zero-order valence-electron chi connectivity index (χ0n) is 16.3. The average Bonchev–Trinajstić information content (AvgIpc) is 3.29. The van der Waals surface area contributed by atoms with Gasteiger partial charge < -0.3 is 10.6 Å². The maximum absolute atomic E-state index is 12.6. The third kappa shape index (κ3) is 4.88. The van der Waals surface area contributed by atoms with E-state index in [0.29, 0.717) is 5.02 Å². The standard InChI is InChI=1S/C24H21ClN4O/c25-20-11-12-23(29-14-6-13-27-29)22(16-20)26-17-24(30)28-21-10-5-4-9-19(21)15-18-7-2-1-3-8-18/h1-14,16,26H,15,17H2,(H,28,30). The molecule has 1 amide bonds. The molecule has 1 aromatic heterocycles. The molecule has 4 aromatic rings. The van der Waals surface area contributed by atoms with Crippen LogP contribution in [0.3, 0.4) is 0 Å². The summed E-state index contributed by atoms with van der Waals surface area (Å²) < 4.78 is 1.73. The van der Waals surface area contributed by atoms with Gasteiger partial charge in [0.05, 0.1) is 17.9 Å². The molecular formula is C24H21ClN4O. The van der Waals surface area contributed by atoms with Crippen molar-refractivity contribution in [3.05, 3.63) is 107 Å². The minimum Gasteiger partial charge on any atom is -0.374 e. The van der Waals surface area contributed by atoms with Crippen LogP contribution in [0, 0.1) is 0 Å². The fraction of sp³-hybridized carbons (Fsp3) is 0.0833. The molecule has 2 N–H and O–H groups in total. The molecule has 0 unspecified atom stereocenters. The molecule has 5 nitrogen and oxygen atoms in total. The number of halogens is 1. The number of nitrogens with one attached hydrogen (secondary N) is 2. The number of aromatic nitrogens is 2. The highest BCUT2D eigenvalue weighted by Crippen LogP contribution is 2.24. The van der Waals surface area contributed by atoms with Gasteiger partial charge in [0.1, 0.15) is 0 Å². The molecule has 1 heterocycles. The molecule has 0 aliphatic rings. The van der Waals surface area contributed by atoms with Gasteiger partial charge in [0.2, 0.25) is 5.91 Å². The number of rotatable bonds is 7. The lowest BCUT2D eigenvalue weighted by Gasteiger charge is -2.14. The van der Waals surface area contributed by atoms with Crippen LogP contribution >= 0.6 is 11.6 Å². The molecule has 6 heteroatoms. The maximum atomic E-state index is 12.6. The van der Waals surface area contributed by atoms with E-state index >= 15 is 0 Å². The van der Waals surface area contributed by atoms with Crippen molar-refractivity contribution in [1.82, 2.24) is 9.78 Å². The summed E-state index contributed by atoms with van der Waals surface area (Å²) in [4.78, 5) is 12.6. The summed E-state index contributed by atoms with van der Waals surface area (Å²) in [5.41, 5.74) is 4.63. The Morgan fingerprint density at radius 2 is 1.73 bits per heavy atom. The molecular weight excluding hydrogens is 396 g/mol. The van der Waals surface area contributed by atoms with E-state index in [1.165, 1.54) is 5.56 Å². The van der Waals surface area contributed by atoms with Crippen molar-refractivity contribution >= 4 is 28.9 Å². The van der Waals surface area contributed by atoms with E-state index < -0.39 is 0 Å². The van der Waals surface area contributed by atoms with E-state index in [2.05, 4.69) is 27.9 Å². The summed E-state index contributed by atoms with van der Waals surface area (Å²) in [5.74, 6) is -0.137. The first-order valence-corrected chi connectivity index (χ1v) is 10.0. The molecule has 0 radical (unpaired) electrons. The lowest BCUT2D eigenvalue weighted by Crippen LogP contribution is -2.23. The van der Waals surface area contributed by atoms with E-state index in [-0.39, 0.29) is 12.5 Å². The Labute approximate surface area is 180 Å². The fourth-order valence-electron chi connectivity index (χ4n) is 3.24. The van der Waals surface area contributed by atoms with E-state index in [9.17, 15) is 4.79 Å². The Bertz CT molecular complexity index is 1130. The highest BCUT2D eigenvalue weighted by atomic mass is 35.5. The van der Waals surface area contributed by atoms with Gasteiger partial charge >= 0.3 is 0 Å². The van der Waals surface area contributed by atoms with Crippen LogP contribution in [0.1, 0.15) is 11.1 Å². The molecule has 3 aromatic carbocycles. The molecule has 0 aliphatic carbocycles. The van der Waals surface area contributed by atoms with Gasteiger partial charge in [-0.2, -0.15) is 5.10 Å². The maximum Gasteiger partial charge on any atom is 0.243 e. The number of hydrogen-bond donors (Lipinski definition) is 2. The lowest BCUT2D eigenvalue weighted by molar-refractivity contribution is -0.114. The Morgan fingerprint density at radius 3 is 2.53 bits per heavy atom. The van der Waals surface area contributed by atoms with Crippen molar-refractivity contribution in [2.45, 2.75) is 6.42 Å². The number of nitrogens with zero attached hydrogens (tertiary/aromatic N) is 2. The van der Waals surface area contributed by atoms with Gasteiger partial charge in [-0.15, -0.1) is 0 Å². The van der Waals surface area contributed by atoms with Crippen LogP contribution in [0.25, 0.3) is 5.69 Å². The first-order chi connectivity index (χ1) is 14.7. The van der Waals surface area contributed by atoms with Gasteiger partial charge in [-0.3, -0.25) is 4.79 Å². The van der Waals surface area contributed by atoms with Crippen LogP contribution in [0.15, 0.2) is 91.3 Å². The van der Waals surface area contributed by atoms with Crippen LogP contribution in [-0.2, 0) is 11.2 Å². The van der Waals surface area contributed by atoms with E-state index in [1.807, 2.05) is 60.8 Å². The number of carbonyl (C=O) groups is 1. The van der Waals surface area contributed by atoms with Crippen molar-refractivity contribution in [3.63, 3.8) is 0 Å². The molecule has 0 spiro atoms. The summed E-state index contributed by atoms with van der Waals surface area (Å²) in [6, 6.07) is 25.3. The largest absolute Gasteiger partial charge is 0.374 e. The van der Waals surface area contributed by atoms with Gasteiger partial charge in [0.25, 0.3) is 0 Å². The molecule has 0 bridgehead atoms. The minimum absolute atomic E-state index is 0.105. The summed E-state index contributed by atoms with van der Waals surface area (Å²) in [6.45, 7) is 0.105. The zero-order chi connectivity index (χ0) is 20.8. The first kappa shape index (κ1) is 19.7. The van der Waals surface area contributed by atoms with E-state index in [0.717, 1.165) is 29.0 Å². The second kappa shape index (κ2) is 9.29. The molecule has 0 aliphatic heterocycles. The monoisotopic (exact) mass is 416 g/mol. The lowest BCUT2D eigenvalue weighted by atomic mass is 10.0. The van der Waals surface area contributed by atoms with Gasteiger partial charge in [-0.05, 0) is 47.9 Å². The van der Waals surface area contributed by atoms with Crippen LogP contribution in [0.5, 0.6) is 0 Å². The quantitative estimate of drug-likeness (QED) is 0.437. The summed E-state index contributed by atoms with van der Waals surface area (Å²) in [7, 11) is 0. The fourth-order valence-corrected chi connectivity index (χ4v) is 3.42. The normalized spacial score (nSPS) is 10.6. The second-order valence-corrected chi connectivity index (χ2v) is 7.27. The zero-order valence-corrected chi connectivity index (χ0v) is 17.0. The Balaban J connectivity index is 1.45. The van der Waals surface area contributed by atoms with Crippen molar-refractivity contribution in [1.29, 1.82) is 0 Å². The SMILES string of the molecule is O=C(CNc1cc(Cl)ccc1-n1cccn1)Nc1ccccc1Cc1ccccc1. The average molecular weight is 417 g/mol. The van der Waals surface area contributed by atoms with Gasteiger partial charge in [0.15, 0.2) is 0 Å². The number of anilines is 2. The van der Waals surface area contributed by atoms with Gasteiger partial charge in [-0.25, -0.2) is 4.68 Å². The van der Waals surface area contributed by atoms with Crippen molar-refractivity contribution < 1.29 is 4.79 Å². The van der Waals surface area contributed by atoms with Gasteiger partial charge in [0, 0.05) is 23.1 Å². The second-order valence-electron chi connectivity index (χ2n) is 6.83. The topological polar surface area (TPSA) is 59.0 Å². The number of carbonyl (C=O) groups excluding carboxylic acids is 1. The first-order valence-electron chi connectivity index (χ1n) is 9.64. The summed E-state index contributed by atoms with van der Waals surface area (Å²) in [5, 5.41) is 11.0.